The van der Waals surface area contributed by atoms with Gasteiger partial charge in [-0.3, -0.25) is 0 Å². The average molecular weight is 399 g/mol. The second-order valence-electron chi connectivity index (χ2n) is 6.76. The van der Waals surface area contributed by atoms with Crippen molar-refractivity contribution in [2.75, 3.05) is 17.7 Å². The molecule has 0 saturated carbocycles. The Kier molecular flexibility index (Phi) is 5.48. The summed E-state index contributed by atoms with van der Waals surface area (Å²) >= 11 is 0. The third-order valence-electron chi connectivity index (χ3n) is 4.60. The molecule has 0 aliphatic carbocycles. The molecule has 0 bridgehead atoms. The smallest absolute Gasteiger partial charge is 0.323 e. The molecule has 150 valence electrons. The van der Waals surface area contributed by atoms with Crippen LogP contribution in [0.3, 0.4) is 0 Å². The van der Waals surface area contributed by atoms with Crippen LogP contribution in [0.1, 0.15) is 5.56 Å². The van der Waals surface area contributed by atoms with Gasteiger partial charge in [-0.05, 0) is 43.3 Å². The first-order valence-electron chi connectivity index (χ1n) is 9.46. The molecule has 0 spiro atoms. The van der Waals surface area contributed by atoms with Crippen molar-refractivity contribution in [1.82, 2.24) is 4.98 Å². The van der Waals surface area contributed by atoms with Crippen LogP contribution in [0.25, 0.3) is 22.7 Å². The molecule has 0 atom stereocenters. The lowest BCUT2D eigenvalue weighted by Crippen LogP contribution is -2.19. The van der Waals surface area contributed by atoms with Crippen LogP contribution in [-0.2, 0) is 0 Å². The van der Waals surface area contributed by atoms with Crippen LogP contribution in [0.15, 0.2) is 83.5 Å². The van der Waals surface area contributed by atoms with E-state index >= 15 is 0 Å². The number of oxazole rings is 1. The molecular weight excluding hydrogens is 378 g/mol. The first-order valence-corrected chi connectivity index (χ1v) is 9.46. The highest BCUT2D eigenvalue weighted by Gasteiger charge is 2.10. The molecule has 0 saturated heterocycles. The number of rotatable bonds is 5. The first kappa shape index (κ1) is 19.3. The van der Waals surface area contributed by atoms with Gasteiger partial charge in [0.1, 0.15) is 17.7 Å². The molecule has 0 aliphatic heterocycles. The summed E-state index contributed by atoms with van der Waals surface area (Å²) in [6.45, 7) is 2.05. The van der Waals surface area contributed by atoms with E-state index in [-0.39, 0.29) is 6.03 Å². The first-order chi connectivity index (χ1) is 14.6. The Morgan fingerprint density at radius 2 is 1.60 bits per heavy atom. The SMILES string of the molecule is COc1ccccc1NC(=O)Nc1ccc(-c2nc(-c3ccc(C)cc3)co2)cc1. The fraction of sp³-hybridized carbons (Fsp3) is 0.0833. The molecule has 1 heterocycles. The molecule has 0 aliphatic rings. The van der Waals surface area contributed by atoms with Gasteiger partial charge in [-0.25, -0.2) is 9.78 Å². The Morgan fingerprint density at radius 1 is 0.900 bits per heavy atom. The van der Waals surface area contributed by atoms with E-state index in [0.717, 1.165) is 16.8 Å². The number of urea groups is 1. The molecule has 4 rings (SSSR count). The van der Waals surface area contributed by atoms with E-state index < -0.39 is 0 Å². The van der Waals surface area contributed by atoms with E-state index in [0.29, 0.717) is 23.0 Å². The van der Waals surface area contributed by atoms with Crippen LogP contribution < -0.4 is 15.4 Å². The van der Waals surface area contributed by atoms with E-state index in [1.54, 1.807) is 37.6 Å². The lowest BCUT2D eigenvalue weighted by Gasteiger charge is -2.11. The maximum absolute atomic E-state index is 12.3. The topological polar surface area (TPSA) is 76.4 Å². The third kappa shape index (κ3) is 4.33. The number of amides is 2. The summed E-state index contributed by atoms with van der Waals surface area (Å²) in [5, 5.41) is 5.58. The highest BCUT2D eigenvalue weighted by Crippen LogP contribution is 2.26. The molecular formula is C24H21N3O3. The van der Waals surface area contributed by atoms with Crippen molar-refractivity contribution in [2.45, 2.75) is 6.92 Å². The number of aryl methyl sites for hydroxylation is 1. The Bertz CT molecular complexity index is 1150. The molecule has 6 heteroatoms. The number of methoxy groups -OCH3 is 1. The number of anilines is 2. The van der Waals surface area contributed by atoms with Gasteiger partial charge in [0.2, 0.25) is 5.89 Å². The maximum atomic E-state index is 12.3. The number of hydrogen-bond acceptors (Lipinski definition) is 4. The standard InChI is InChI=1S/C24H21N3O3/c1-16-7-9-17(10-8-16)21-15-30-23(26-21)18-11-13-19(14-12-18)25-24(28)27-20-5-3-4-6-22(20)29-2/h3-15H,1-2H3,(H2,25,27,28). The van der Waals surface area contributed by atoms with E-state index in [2.05, 4.69) is 15.6 Å². The Labute approximate surface area is 174 Å². The highest BCUT2D eigenvalue weighted by molar-refractivity contribution is 6.00. The van der Waals surface area contributed by atoms with Crippen LogP contribution in [0, 0.1) is 6.92 Å². The summed E-state index contributed by atoms with van der Waals surface area (Å²) < 4.78 is 10.9. The minimum absolute atomic E-state index is 0.356. The molecule has 0 fully saturated rings. The van der Waals surface area contributed by atoms with Crippen molar-refractivity contribution in [3.05, 3.63) is 84.6 Å². The number of carbonyl (C=O) groups is 1. The van der Waals surface area contributed by atoms with Gasteiger partial charge in [0.05, 0.1) is 12.8 Å². The molecule has 4 aromatic rings. The van der Waals surface area contributed by atoms with Gasteiger partial charge in [0.25, 0.3) is 0 Å². The lowest BCUT2D eigenvalue weighted by atomic mass is 10.1. The molecule has 0 radical (unpaired) electrons. The minimum Gasteiger partial charge on any atom is -0.495 e. The largest absolute Gasteiger partial charge is 0.495 e. The zero-order valence-corrected chi connectivity index (χ0v) is 16.7. The fourth-order valence-electron chi connectivity index (χ4n) is 2.99. The van der Waals surface area contributed by atoms with Crippen molar-refractivity contribution >= 4 is 17.4 Å². The number of ether oxygens (including phenoxy) is 1. The molecule has 0 unspecified atom stereocenters. The molecule has 1 aromatic heterocycles. The van der Waals surface area contributed by atoms with E-state index in [1.807, 2.05) is 55.5 Å². The number of benzene rings is 3. The predicted molar refractivity (Wildman–Crippen MR) is 118 cm³/mol. The zero-order valence-electron chi connectivity index (χ0n) is 16.7. The highest BCUT2D eigenvalue weighted by atomic mass is 16.5. The van der Waals surface area contributed by atoms with Crippen LogP contribution in [-0.4, -0.2) is 18.1 Å². The monoisotopic (exact) mass is 399 g/mol. The molecule has 2 amide bonds. The second kappa shape index (κ2) is 8.53. The third-order valence-corrected chi connectivity index (χ3v) is 4.60. The zero-order chi connectivity index (χ0) is 20.9. The van der Waals surface area contributed by atoms with Crippen LogP contribution in [0.5, 0.6) is 5.75 Å². The number of nitrogens with one attached hydrogen (secondary N) is 2. The van der Waals surface area contributed by atoms with Crippen molar-refractivity contribution < 1.29 is 13.9 Å². The number of hydrogen-bond donors (Lipinski definition) is 2. The van der Waals surface area contributed by atoms with Crippen molar-refractivity contribution in [2.24, 2.45) is 0 Å². The Balaban J connectivity index is 1.43. The van der Waals surface area contributed by atoms with Crippen LogP contribution in [0.2, 0.25) is 0 Å². The van der Waals surface area contributed by atoms with E-state index in [1.165, 1.54) is 5.56 Å². The average Bonchev–Trinajstić information content (AvgIpc) is 3.25. The number of carbonyl (C=O) groups excluding carboxylic acids is 1. The van der Waals surface area contributed by atoms with E-state index in [4.69, 9.17) is 9.15 Å². The van der Waals surface area contributed by atoms with Crippen LogP contribution >= 0.6 is 0 Å². The predicted octanol–water partition coefficient (Wildman–Crippen LogP) is 5.97. The number of aromatic nitrogens is 1. The second-order valence-corrected chi connectivity index (χ2v) is 6.76. The van der Waals surface area contributed by atoms with E-state index in [9.17, 15) is 4.79 Å². The van der Waals surface area contributed by atoms with Crippen molar-refractivity contribution in [1.29, 1.82) is 0 Å². The van der Waals surface area contributed by atoms with Gasteiger partial charge in [0, 0.05) is 16.8 Å². The normalized spacial score (nSPS) is 10.5. The lowest BCUT2D eigenvalue weighted by molar-refractivity contribution is 0.262. The molecule has 3 aromatic carbocycles. The van der Waals surface area contributed by atoms with Crippen molar-refractivity contribution in [3.8, 4) is 28.5 Å². The quantitative estimate of drug-likeness (QED) is 0.433. The molecule has 6 nitrogen and oxygen atoms in total. The summed E-state index contributed by atoms with van der Waals surface area (Å²) in [5.74, 6) is 1.12. The van der Waals surface area contributed by atoms with Gasteiger partial charge in [-0.2, -0.15) is 0 Å². The van der Waals surface area contributed by atoms with Gasteiger partial charge in [-0.15, -0.1) is 0 Å². The Hall–Kier alpha value is -4.06. The fourth-order valence-corrected chi connectivity index (χ4v) is 2.99. The van der Waals surface area contributed by atoms with Crippen molar-refractivity contribution in [3.63, 3.8) is 0 Å². The van der Waals surface area contributed by atoms with Gasteiger partial charge < -0.3 is 19.8 Å². The summed E-state index contributed by atoms with van der Waals surface area (Å²) in [4.78, 5) is 16.8. The molecule has 30 heavy (non-hydrogen) atoms. The summed E-state index contributed by atoms with van der Waals surface area (Å²) in [7, 11) is 1.56. The summed E-state index contributed by atoms with van der Waals surface area (Å²) in [6.07, 6.45) is 1.65. The van der Waals surface area contributed by atoms with Crippen LogP contribution in [0.4, 0.5) is 16.2 Å². The molecule has 2 N–H and O–H groups in total. The van der Waals surface area contributed by atoms with Gasteiger partial charge in [0.15, 0.2) is 0 Å². The summed E-state index contributed by atoms with van der Waals surface area (Å²) in [6, 6.07) is 22.3. The maximum Gasteiger partial charge on any atom is 0.323 e. The number of para-hydroxylation sites is 2. The van der Waals surface area contributed by atoms with Gasteiger partial charge >= 0.3 is 6.03 Å². The Morgan fingerprint density at radius 3 is 2.33 bits per heavy atom. The minimum atomic E-state index is -0.356. The number of nitrogens with zero attached hydrogens (tertiary/aromatic N) is 1. The van der Waals surface area contributed by atoms with Gasteiger partial charge in [-0.1, -0.05) is 42.0 Å². The summed E-state index contributed by atoms with van der Waals surface area (Å²) in [5.41, 5.74) is 5.05.